The molecule has 0 bridgehead atoms. The summed E-state index contributed by atoms with van der Waals surface area (Å²) in [6.07, 6.45) is 2.27. The Kier molecular flexibility index (Phi) is 8.05. The number of ether oxygens (including phenoxy) is 1. The van der Waals surface area contributed by atoms with Gasteiger partial charge in [-0.15, -0.1) is 0 Å². The van der Waals surface area contributed by atoms with Gasteiger partial charge in [0, 0.05) is 24.6 Å². The Balaban J connectivity index is 1.39. The third-order valence-corrected chi connectivity index (χ3v) is 8.42. The maximum absolute atomic E-state index is 13.4. The molecule has 2 fully saturated rings. The Morgan fingerprint density at radius 2 is 1.86 bits per heavy atom. The first-order chi connectivity index (χ1) is 16.8. The van der Waals surface area contributed by atoms with Crippen molar-refractivity contribution in [3.05, 3.63) is 64.0 Å². The van der Waals surface area contributed by atoms with E-state index in [0.717, 1.165) is 5.56 Å². The SMILES string of the molecule is CO[N+](=O)c1cc(S(=O)(=O)N[C@H]2CC[C@H](C(=O)N3CCOCC3c3ccccc3)CC2)ccc1Cl. The van der Waals surface area contributed by atoms with Gasteiger partial charge in [-0.1, -0.05) is 41.9 Å². The Bertz CT molecular complexity index is 1170. The second-order valence-corrected chi connectivity index (χ2v) is 10.9. The van der Waals surface area contributed by atoms with E-state index in [1.165, 1.54) is 25.3 Å². The number of benzene rings is 2. The predicted octanol–water partition coefficient (Wildman–Crippen LogP) is 3.75. The van der Waals surface area contributed by atoms with Crippen LogP contribution in [0.25, 0.3) is 0 Å². The van der Waals surface area contributed by atoms with E-state index in [2.05, 4.69) is 9.56 Å². The summed E-state index contributed by atoms with van der Waals surface area (Å²) in [7, 11) is -2.72. The predicted molar refractivity (Wildman–Crippen MR) is 130 cm³/mol. The molecular weight excluding hydrogens is 494 g/mol. The highest BCUT2D eigenvalue weighted by atomic mass is 35.5. The van der Waals surface area contributed by atoms with E-state index in [1.54, 1.807) is 0 Å². The molecule has 1 atom stereocenters. The normalized spacial score (nSPS) is 23.0. The van der Waals surface area contributed by atoms with Crippen molar-refractivity contribution < 1.29 is 27.7 Å². The fourth-order valence-corrected chi connectivity index (χ4v) is 6.21. The quantitative estimate of drug-likeness (QED) is 0.555. The maximum Gasteiger partial charge on any atom is 0.336 e. The molecule has 2 aliphatic rings. The Morgan fingerprint density at radius 1 is 1.14 bits per heavy atom. The van der Waals surface area contributed by atoms with Crippen molar-refractivity contribution in [1.29, 1.82) is 0 Å². The van der Waals surface area contributed by atoms with E-state index in [0.29, 0.717) is 45.4 Å². The summed E-state index contributed by atoms with van der Waals surface area (Å²) in [5.41, 5.74) is 0.958. The van der Waals surface area contributed by atoms with E-state index in [-0.39, 0.29) is 44.4 Å². The Morgan fingerprint density at radius 3 is 2.54 bits per heavy atom. The molecule has 35 heavy (non-hydrogen) atoms. The number of amides is 1. The molecule has 1 N–H and O–H groups in total. The van der Waals surface area contributed by atoms with Crippen molar-refractivity contribution in [2.24, 2.45) is 5.92 Å². The average Bonchev–Trinajstić information content (AvgIpc) is 2.88. The molecule has 1 heterocycles. The molecule has 9 nitrogen and oxygen atoms in total. The summed E-state index contributed by atoms with van der Waals surface area (Å²) in [4.78, 5) is 31.8. The maximum atomic E-state index is 13.4. The lowest BCUT2D eigenvalue weighted by Crippen LogP contribution is -2.47. The number of rotatable bonds is 7. The van der Waals surface area contributed by atoms with Gasteiger partial charge in [0.15, 0.2) is 7.11 Å². The monoisotopic (exact) mass is 522 g/mol. The summed E-state index contributed by atoms with van der Waals surface area (Å²) in [6.45, 7) is 1.52. The van der Waals surface area contributed by atoms with Gasteiger partial charge in [0.05, 0.1) is 29.1 Å². The number of nitrogens with one attached hydrogen (secondary N) is 1. The van der Waals surface area contributed by atoms with Gasteiger partial charge in [-0.05, 0) is 43.4 Å². The minimum atomic E-state index is -3.89. The number of halogens is 1. The van der Waals surface area contributed by atoms with Gasteiger partial charge in [0.2, 0.25) is 15.9 Å². The highest BCUT2D eigenvalue weighted by Gasteiger charge is 2.36. The van der Waals surface area contributed by atoms with Gasteiger partial charge < -0.3 is 9.64 Å². The van der Waals surface area contributed by atoms with Crippen molar-refractivity contribution in [3.63, 3.8) is 0 Å². The van der Waals surface area contributed by atoms with Gasteiger partial charge >= 0.3 is 5.69 Å². The van der Waals surface area contributed by atoms with E-state index in [1.807, 2.05) is 35.2 Å². The van der Waals surface area contributed by atoms with Crippen LogP contribution in [0.15, 0.2) is 53.4 Å². The molecule has 1 saturated heterocycles. The molecule has 1 saturated carbocycles. The van der Waals surface area contributed by atoms with Crippen LogP contribution in [0.3, 0.4) is 0 Å². The van der Waals surface area contributed by atoms with Crippen LogP contribution in [0.2, 0.25) is 5.02 Å². The van der Waals surface area contributed by atoms with Gasteiger partial charge in [-0.25, -0.2) is 18.0 Å². The van der Waals surface area contributed by atoms with Gasteiger partial charge in [-0.2, -0.15) is 0 Å². The number of hydrogen-bond donors (Lipinski definition) is 1. The number of sulfonamides is 1. The number of nitrogens with zero attached hydrogens (tertiary/aromatic N) is 2. The fraction of sp³-hybridized carbons (Fsp3) is 0.458. The third-order valence-electron chi connectivity index (χ3n) is 6.58. The summed E-state index contributed by atoms with van der Waals surface area (Å²) in [5, 5.41) is 0.0803. The zero-order valence-electron chi connectivity index (χ0n) is 19.4. The lowest BCUT2D eigenvalue weighted by atomic mass is 9.85. The number of carbonyl (C=O) groups is 1. The van der Waals surface area contributed by atoms with Crippen molar-refractivity contribution >= 4 is 33.2 Å². The van der Waals surface area contributed by atoms with Crippen LogP contribution in [0.5, 0.6) is 0 Å². The van der Waals surface area contributed by atoms with Crippen molar-refractivity contribution in [2.75, 3.05) is 26.9 Å². The smallest absolute Gasteiger partial charge is 0.336 e. The molecule has 11 heteroatoms. The molecule has 2 aromatic rings. The number of morpholine rings is 1. The zero-order valence-corrected chi connectivity index (χ0v) is 21.0. The molecule has 1 aliphatic heterocycles. The highest BCUT2D eigenvalue weighted by Crippen LogP contribution is 2.32. The topological polar surface area (TPSA) is 105 Å². The third kappa shape index (κ3) is 5.83. The molecule has 1 aliphatic carbocycles. The molecular formula is C24H29ClN3O6S+. The summed E-state index contributed by atoms with van der Waals surface area (Å²) in [6, 6.07) is 13.3. The lowest BCUT2D eigenvalue weighted by molar-refractivity contribution is -0.736. The first-order valence-corrected chi connectivity index (χ1v) is 13.4. The second kappa shape index (κ2) is 11.0. The first kappa shape index (κ1) is 25.6. The van der Waals surface area contributed by atoms with Crippen LogP contribution in [-0.2, 0) is 24.4 Å². The summed E-state index contributed by atoms with van der Waals surface area (Å²) < 4.78 is 34.2. The van der Waals surface area contributed by atoms with E-state index >= 15 is 0 Å². The van der Waals surface area contributed by atoms with Crippen molar-refractivity contribution in [2.45, 2.75) is 42.7 Å². The Labute approximate surface area is 209 Å². The van der Waals surface area contributed by atoms with Crippen LogP contribution in [-0.4, -0.2) is 57.1 Å². The number of carbonyl (C=O) groups excluding carboxylic acids is 1. The minimum Gasteiger partial charge on any atom is -0.377 e. The molecule has 2 aromatic carbocycles. The average molecular weight is 523 g/mol. The van der Waals surface area contributed by atoms with Gasteiger partial charge in [-0.3, -0.25) is 4.79 Å². The Hall–Kier alpha value is -2.53. The second-order valence-electron chi connectivity index (χ2n) is 8.76. The summed E-state index contributed by atoms with van der Waals surface area (Å²) in [5.74, 6) is -0.0566. The zero-order chi connectivity index (χ0) is 25.0. The lowest BCUT2D eigenvalue weighted by Gasteiger charge is -2.39. The first-order valence-electron chi connectivity index (χ1n) is 11.6. The molecule has 1 unspecified atom stereocenters. The van der Waals surface area contributed by atoms with Crippen molar-refractivity contribution in [1.82, 2.24) is 9.62 Å². The molecule has 4 rings (SSSR count). The highest BCUT2D eigenvalue weighted by molar-refractivity contribution is 7.89. The van der Waals surface area contributed by atoms with E-state index in [4.69, 9.17) is 16.3 Å². The van der Waals surface area contributed by atoms with Crippen LogP contribution >= 0.6 is 11.6 Å². The molecule has 1 amide bonds. The standard InChI is InChI=1S/C24H29ClN3O6S/c1-33-28(30)22-15-20(11-12-21(22)25)35(31,32)26-19-9-7-18(8-10-19)24(29)27-13-14-34-16-23(27)17-5-3-2-4-6-17/h2-6,11-12,15,18-19,23,26H,7-10,13-14,16H2,1H3/q+1/t18-,19-,23?. The fourth-order valence-electron chi connectivity index (χ4n) is 4.70. The van der Waals surface area contributed by atoms with Gasteiger partial charge in [0.25, 0.3) is 4.92 Å². The molecule has 0 spiro atoms. The summed E-state index contributed by atoms with van der Waals surface area (Å²) >= 11 is 5.99. The van der Waals surface area contributed by atoms with Crippen molar-refractivity contribution in [3.8, 4) is 0 Å². The molecule has 0 aromatic heterocycles. The van der Waals surface area contributed by atoms with Gasteiger partial charge in [0.1, 0.15) is 5.02 Å². The number of hydrogen-bond acceptors (Lipinski definition) is 6. The van der Waals surface area contributed by atoms with Crippen LogP contribution in [0, 0.1) is 10.8 Å². The minimum absolute atomic E-state index is 0.0768. The van der Waals surface area contributed by atoms with E-state index in [9.17, 15) is 18.1 Å². The molecule has 188 valence electrons. The van der Waals surface area contributed by atoms with E-state index < -0.39 is 10.0 Å². The van der Waals surface area contributed by atoms with Crippen LogP contribution in [0.4, 0.5) is 5.69 Å². The van der Waals surface area contributed by atoms with Crippen LogP contribution in [0.1, 0.15) is 37.3 Å². The molecule has 0 radical (unpaired) electrons. The largest absolute Gasteiger partial charge is 0.377 e. The van der Waals surface area contributed by atoms with Crippen LogP contribution < -0.4 is 4.72 Å².